The van der Waals surface area contributed by atoms with E-state index in [1.807, 2.05) is 62.4 Å². The van der Waals surface area contributed by atoms with Crippen LogP contribution < -0.4 is 14.8 Å². The number of amides is 1. The number of hydrogen-bond acceptors (Lipinski definition) is 4. The Balaban J connectivity index is 1.74. The Labute approximate surface area is 171 Å². The topological polar surface area (TPSA) is 65.4 Å². The molecule has 0 saturated carbocycles. The van der Waals surface area contributed by atoms with Gasteiger partial charge in [0.05, 0.1) is 25.4 Å². The fourth-order valence-corrected chi connectivity index (χ4v) is 3.05. The van der Waals surface area contributed by atoms with Gasteiger partial charge in [0, 0.05) is 5.69 Å². The number of aromatic nitrogens is 2. The molecule has 0 spiro atoms. The summed E-state index contributed by atoms with van der Waals surface area (Å²) in [5.41, 5.74) is 3.13. The molecule has 6 heteroatoms. The highest BCUT2D eigenvalue weighted by molar-refractivity contribution is 5.92. The first-order chi connectivity index (χ1) is 14.0. The molecule has 0 fully saturated rings. The van der Waals surface area contributed by atoms with Gasteiger partial charge in [0.25, 0.3) is 5.91 Å². The molecule has 1 amide bonds. The summed E-state index contributed by atoms with van der Waals surface area (Å²) in [4.78, 5) is 12.7. The van der Waals surface area contributed by atoms with E-state index >= 15 is 0 Å². The summed E-state index contributed by atoms with van der Waals surface area (Å²) in [6, 6.07) is 17.0. The van der Waals surface area contributed by atoms with Crippen LogP contribution >= 0.6 is 0 Å². The lowest BCUT2D eigenvalue weighted by molar-refractivity contribution is 0.0934. The van der Waals surface area contributed by atoms with Crippen LogP contribution in [0.5, 0.6) is 11.5 Å². The Hall–Kier alpha value is -3.28. The number of rotatable bonds is 8. The van der Waals surface area contributed by atoms with E-state index in [9.17, 15) is 4.79 Å². The Bertz CT molecular complexity index is 967. The van der Waals surface area contributed by atoms with Crippen LogP contribution in [0.3, 0.4) is 0 Å². The SMILES string of the molecule is CCCOc1ccc(C(C)NC(=O)c2cc(C)n(-c3ccccc3)n2)cc1OC. The van der Waals surface area contributed by atoms with Crippen molar-refractivity contribution in [1.29, 1.82) is 0 Å². The average Bonchev–Trinajstić information content (AvgIpc) is 3.14. The van der Waals surface area contributed by atoms with Crippen molar-refractivity contribution >= 4 is 5.91 Å². The van der Waals surface area contributed by atoms with Gasteiger partial charge in [-0.2, -0.15) is 5.10 Å². The summed E-state index contributed by atoms with van der Waals surface area (Å²) in [5, 5.41) is 7.48. The monoisotopic (exact) mass is 393 g/mol. The summed E-state index contributed by atoms with van der Waals surface area (Å²) >= 11 is 0. The van der Waals surface area contributed by atoms with E-state index in [0.29, 0.717) is 23.8 Å². The lowest BCUT2D eigenvalue weighted by Gasteiger charge is -2.16. The van der Waals surface area contributed by atoms with Crippen molar-refractivity contribution in [2.24, 2.45) is 0 Å². The van der Waals surface area contributed by atoms with Gasteiger partial charge in [0.15, 0.2) is 17.2 Å². The van der Waals surface area contributed by atoms with Crippen molar-refractivity contribution in [2.75, 3.05) is 13.7 Å². The summed E-state index contributed by atoms with van der Waals surface area (Å²) in [7, 11) is 1.61. The molecule has 0 bridgehead atoms. The molecule has 1 heterocycles. The van der Waals surface area contributed by atoms with E-state index in [1.54, 1.807) is 17.9 Å². The molecule has 3 aromatic rings. The van der Waals surface area contributed by atoms with Crippen LogP contribution in [0.1, 0.15) is 48.1 Å². The second-order valence-electron chi connectivity index (χ2n) is 6.87. The molecular weight excluding hydrogens is 366 g/mol. The fraction of sp³-hybridized carbons (Fsp3) is 0.304. The number of carbonyl (C=O) groups excluding carboxylic acids is 1. The van der Waals surface area contributed by atoms with Crippen molar-refractivity contribution < 1.29 is 14.3 Å². The van der Waals surface area contributed by atoms with Crippen LogP contribution in [-0.2, 0) is 0 Å². The standard InChI is InChI=1S/C23H27N3O3/c1-5-13-29-21-12-11-18(15-22(21)28-4)17(3)24-23(27)20-14-16(2)26(25-20)19-9-7-6-8-10-19/h6-12,14-15,17H,5,13H2,1-4H3,(H,24,27). The predicted octanol–water partition coefficient (Wildman–Crippen LogP) is 4.47. The second kappa shape index (κ2) is 9.28. The van der Waals surface area contributed by atoms with Crippen LogP contribution in [0.4, 0.5) is 0 Å². The summed E-state index contributed by atoms with van der Waals surface area (Å²) in [6.45, 7) is 6.55. The number of benzene rings is 2. The minimum absolute atomic E-state index is 0.209. The number of nitrogens with zero attached hydrogens (tertiary/aromatic N) is 2. The number of methoxy groups -OCH3 is 1. The van der Waals surface area contributed by atoms with Crippen LogP contribution in [-0.4, -0.2) is 29.4 Å². The quantitative estimate of drug-likeness (QED) is 0.613. The van der Waals surface area contributed by atoms with Crippen molar-refractivity contribution in [3.8, 4) is 17.2 Å². The highest BCUT2D eigenvalue weighted by Crippen LogP contribution is 2.30. The zero-order valence-corrected chi connectivity index (χ0v) is 17.3. The highest BCUT2D eigenvalue weighted by Gasteiger charge is 2.17. The van der Waals surface area contributed by atoms with E-state index < -0.39 is 0 Å². The van der Waals surface area contributed by atoms with Crippen molar-refractivity contribution in [3.05, 3.63) is 71.5 Å². The number of hydrogen-bond donors (Lipinski definition) is 1. The molecular formula is C23H27N3O3. The molecule has 0 aliphatic heterocycles. The Morgan fingerprint density at radius 1 is 1.14 bits per heavy atom. The third kappa shape index (κ3) is 4.77. The molecule has 6 nitrogen and oxygen atoms in total. The van der Waals surface area contributed by atoms with Gasteiger partial charge < -0.3 is 14.8 Å². The third-order valence-corrected chi connectivity index (χ3v) is 4.62. The Morgan fingerprint density at radius 2 is 1.90 bits per heavy atom. The maximum absolute atomic E-state index is 12.7. The minimum Gasteiger partial charge on any atom is -0.493 e. The predicted molar refractivity (Wildman–Crippen MR) is 113 cm³/mol. The minimum atomic E-state index is -0.222. The molecule has 29 heavy (non-hydrogen) atoms. The summed E-state index contributed by atoms with van der Waals surface area (Å²) < 4.78 is 12.9. The first-order valence-corrected chi connectivity index (χ1v) is 9.77. The smallest absolute Gasteiger partial charge is 0.272 e. The van der Waals surface area contributed by atoms with Gasteiger partial charge in [-0.1, -0.05) is 31.2 Å². The fourth-order valence-electron chi connectivity index (χ4n) is 3.05. The Morgan fingerprint density at radius 3 is 2.59 bits per heavy atom. The highest BCUT2D eigenvalue weighted by atomic mass is 16.5. The molecule has 0 saturated heterocycles. The van der Waals surface area contributed by atoms with Gasteiger partial charge in [-0.3, -0.25) is 4.79 Å². The van der Waals surface area contributed by atoms with Gasteiger partial charge in [-0.05, 0) is 56.2 Å². The molecule has 0 aliphatic carbocycles. The molecule has 0 radical (unpaired) electrons. The van der Waals surface area contributed by atoms with Crippen LogP contribution in [0.15, 0.2) is 54.6 Å². The normalized spacial score (nSPS) is 11.7. The largest absolute Gasteiger partial charge is 0.493 e. The number of ether oxygens (including phenoxy) is 2. The molecule has 1 unspecified atom stereocenters. The van der Waals surface area contributed by atoms with Gasteiger partial charge in [0.2, 0.25) is 0 Å². The molecule has 1 N–H and O–H groups in total. The first-order valence-electron chi connectivity index (χ1n) is 9.77. The number of para-hydroxylation sites is 1. The number of aryl methyl sites for hydroxylation is 1. The zero-order valence-electron chi connectivity index (χ0n) is 17.3. The molecule has 2 aromatic carbocycles. The van der Waals surface area contributed by atoms with Gasteiger partial charge in [-0.25, -0.2) is 4.68 Å². The van der Waals surface area contributed by atoms with Crippen LogP contribution in [0.25, 0.3) is 5.69 Å². The second-order valence-corrected chi connectivity index (χ2v) is 6.87. The van der Waals surface area contributed by atoms with E-state index in [1.165, 1.54) is 0 Å². The lowest BCUT2D eigenvalue weighted by Crippen LogP contribution is -2.27. The van der Waals surface area contributed by atoms with Crippen molar-refractivity contribution in [1.82, 2.24) is 15.1 Å². The van der Waals surface area contributed by atoms with E-state index in [4.69, 9.17) is 9.47 Å². The van der Waals surface area contributed by atoms with E-state index in [0.717, 1.165) is 23.4 Å². The van der Waals surface area contributed by atoms with Crippen LogP contribution in [0.2, 0.25) is 0 Å². The molecule has 1 atom stereocenters. The van der Waals surface area contributed by atoms with Gasteiger partial charge in [0.1, 0.15) is 0 Å². The third-order valence-electron chi connectivity index (χ3n) is 4.62. The Kier molecular flexibility index (Phi) is 6.54. The van der Waals surface area contributed by atoms with Crippen molar-refractivity contribution in [3.63, 3.8) is 0 Å². The maximum Gasteiger partial charge on any atom is 0.272 e. The number of carbonyl (C=O) groups is 1. The summed E-state index contributed by atoms with van der Waals surface area (Å²) in [6.07, 6.45) is 0.923. The first kappa shape index (κ1) is 20.5. The zero-order chi connectivity index (χ0) is 20.8. The number of nitrogens with one attached hydrogen (secondary N) is 1. The average molecular weight is 393 g/mol. The van der Waals surface area contributed by atoms with E-state index in [-0.39, 0.29) is 11.9 Å². The molecule has 0 aliphatic rings. The molecule has 3 rings (SSSR count). The lowest BCUT2D eigenvalue weighted by atomic mass is 10.1. The van der Waals surface area contributed by atoms with Gasteiger partial charge in [-0.15, -0.1) is 0 Å². The maximum atomic E-state index is 12.7. The molecule has 1 aromatic heterocycles. The van der Waals surface area contributed by atoms with Crippen LogP contribution in [0, 0.1) is 6.92 Å². The van der Waals surface area contributed by atoms with Gasteiger partial charge >= 0.3 is 0 Å². The summed E-state index contributed by atoms with van der Waals surface area (Å²) in [5.74, 6) is 1.13. The molecule has 152 valence electrons. The van der Waals surface area contributed by atoms with Crippen molar-refractivity contribution in [2.45, 2.75) is 33.2 Å². The van der Waals surface area contributed by atoms with E-state index in [2.05, 4.69) is 17.3 Å².